The molecule has 0 radical (unpaired) electrons. The van der Waals surface area contributed by atoms with Gasteiger partial charge in [0, 0.05) is 39.3 Å². The molecule has 1 saturated heterocycles. The molecule has 2 N–H and O–H groups in total. The Morgan fingerprint density at radius 1 is 0.559 bits per heavy atom. The maximum absolute atomic E-state index is 14.3. The molecule has 1 fully saturated rings. The van der Waals surface area contributed by atoms with Gasteiger partial charge in [-0.05, 0) is 84.0 Å². The van der Waals surface area contributed by atoms with Crippen LogP contribution in [-0.2, 0) is 21.9 Å². The van der Waals surface area contributed by atoms with Gasteiger partial charge in [-0.2, -0.15) is 36.9 Å². The SMILES string of the molecule is N#Cc1ccc([C@H]2NC(=O)N(c3cccc(C(F)(F)F)c3)C3=C2C(=O)N(CCN2CCN(CCN4CC5=C(C4=O)[C@@H](c4ccc(C#N)cc4)NC(=O)N5c4cccc(C(F)(F)F)c4)C2=S)C3)cc1. The number of alkyl halides is 6. The number of hydrogen-bond donors (Lipinski definition) is 2. The molecule has 5 heterocycles. The lowest BCUT2D eigenvalue weighted by molar-refractivity contribution is -0.138. The first-order chi connectivity index (χ1) is 32.4. The van der Waals surface area contributed by atoms with Gasteiger partial charge in [-0.15, -0.1) is 0 Å². The normalized spacial score (nSPS) is 19.7. The summed E-state index contributed by atoms with van der Waals surface area (Å²) in [4.78, 5) is 64.9. The Bertz CT molecular complexity index is 2730. The average molecular weight is 951 g/mol. The van der Waals surface area contributed by atoms with Crippen molar-refractivity contribution in [3.8, 4) is 12.1 Å². The minimum Gasteiger partial charge on any atom is -0.346 e. The van der Waals surface area contributed by atoms with E-state index in [1.165, 1.54) is 58.3 Å². The number of rotatable bonds is 10. The van der Waals surface area contributed by atoms with E-state index in [1.807, 2.05) is 21.9 Å². The first-order valence-electron chi connectivity index (χ1n) is 21.1. The third-order valence-electron chi connectivity index (χ3n) is 12.5. The number of urea groups is 2. The van der Waals surface area contributed by atoms with Gasteiger partial charge in [0.1, 0.15) is 0 Å². The van der Waals surface area contributed by atoms with E-state index in [2.05, 4.69) is 10.6 Å². The van der Waals surface area contributed by atoms with Gasteiger partial charge in [0.2, 0.25) is 0 Å². The Hall–Kier alpha value is -7.91. The third kappa shape index (κ3) is 8.29. The summed E-state index contributed by atoms with van der Waals surface area (Å²) in [5.41, 5.74) is 0.268. The van der Waals surface area contributed by atoms with Crippen LogP contribution in [0.5, 0.6) is 0 Å². The van der Waals surface area contributed by atoms with Crippen molar-refractivity contribution in [2.75, 3.05) is 62.2 Å². The molecule has 4 aromatic carbocycles. The number of benzene rings is 4. The smallest absolute Gasteiger partial charge is 0.346 e. The summed E-state index contributed by atoms with van der Waals surface area (Å²) in [6, 6.07) is 21.6. The molecule has 5 aliphatic rings. The molecule has 5 aliphatic heterocycles. The van der Waals surface area contributed by atoms with Crippen LogP contribution < -0.4 is 20.4 Å². The number of amides is 6. The molecule has 6 amide bonds. The molecule has 0 aromatic heterocycles. The van der Waals surface area contributed by atoms with Crippen molar-refractivity contribution in [2.24, 2.45) is 0 Å². The van der Waals surface area contributed by atoms with E-state index < -0.39 is 59.4 Å². The molecule has 4 aromatic rings. The Labute approximate surface area is 389 Å². The molecular formula is C47H36F6N10O4S. The number of anilines is 2. The first-order valence-corrected chi connectivity index (χ1v) is 21.5. The summed E-state index contributed by atoms with van der Waals surface area (Å²) in [7, 11) is 0. The molecule has 346 valence electrons. The van der Waals surface area contributed by atoms with E-state index >= 15 is 0 Å². The molecule has 0 unspecified atom stereocenters. The van der Waals surface area contributed by atoms with Crippen molar-refractivity contribution in [1.29, 1.82) is 10.5 Å². The van der Waals surface area contributed by atoms with Crippen LogP contribution in [0, 0.1) is 22.7 Å². The second-order valence-corrected chi connectivity index (χ2v) is 16.8. The number of halogens is 6. The highest BCUT2D eigenvalue weighted by atomic mass is 32.1. The second kappa shape index (κ2) is 17.4. The van der Waals surface area contributed by atoms with E-state index in [-0.39, 0.29) is 73.2 Å². The van der Waals surface area contributed by atoms with Crippen LogP contribution in [0.15, 0.2) is 120 Å². The van der Waals surface area contributed by atoms with Crippen LogP contribution in [0.4, 0.5) is 47.3 Å². The molecule has 0 saturated carbocycles. The first kappa shape index (κ1) is 45.3. The third-order valence-corrected chi connectivity index (χ3v) is 13.0. The fourth-order valence-electron chi connectivity index (χ4n) is 9.07. The quantitative estimate of drug-likeness (QED) is 0.129. The number of thiocarbonyl (C=S) groups is 1. The van der Waals surface area contributed by atoms with E-state index in [0.717, 1.165) is 34.1 Å². The summed E-state index contributed by atoms with van der Waals surface area (Å²) in [5.74, 6) is -0.910. The van der Waals surface area contributed by atoms with Crippen LogP contribution in [0.1, 0.15) is 45.5 Å². The molecule has 14 nitrogen and oxygen atoms in total. The lowest BCUT2D eigenvalue weighted by Crippen LogP contribution is -2.47. The van der Waals surface area contributed by atoms with Crippen molar-refractivity contribution in [2.45, 2.75) is 24.4 Å². The lowest BCUT2D eigenvalue weighted by atomic mass is 9.94. The zero-order valence-electron chi connectivity index (χ0n) is 35.4. The number of nitrogens with one attached hydrogen (secondary N) is 2. The van der Waals surface area contributed by atoms with E-state index in [1.54, 1.807) is 24.3 Å². The molecular weight excluding hydrogens is 915 g/mol. The maximum atomic E-state index is 14.3. The number of carbonyl (C=O) groups excluding carboxylic acids is 4. The topological polar surface area (TPSA) is 159 Å². The monoisotopic (exact) mass is 950 g/mol. The van der Waals surface area contributed by atoms with Gasteiger partial charge >= 0.3 is 24.4 Å². The van der Waals surface area contributed by atoms with Crippen molar-refractivity contribution in [3.05, 3.63) is 153 Å². The van der Waals surface area contributed by atoms with Crippen LogP contribution in [-0.4, -0.2) is 101 Å². The second-order valence-electron chi connectivity index (χ2n) is 16.4. The summed E-state index contributed by atoms with van der Waals surface area (Å²) in [6.45, 7) is 1.33. The zero-order valence-corrected chi connectivity index (χ0v) is 36.3. The molecule has 9 rings (SSSR count). The largest absolute Gasteiger partial charge is 0.416 e. The maximum Gasteiger partial charge on any atom is 0.416 e. The van der Waals surface area contributed by atoms with E-state index in [4.69, 9.17) is 12.2 Å². The Morgan fingerprint density at radius 2 is 0.926 bits per heavy atom. The van der Waals surface area contributed by atoms with Gasteiger partial charge in [0.15, 0.2) is 5.11 Å². The summed E-state index contributed by atoms with van der Waals surface area (Å²) < 4.78 is 82.8. The fraction of sp³-hybridized carbons (Fsp3) is 0.255. The minimum atomic E-state index is -4.70. The van der Waals surface area contributed by atoms with Crippen molar-refractivity contribution < 1.29 is 45.5 Å². The van der Waals surface area contributed by atoms with Gasteiger partial charge in [0.25, 0.3) is 11.8 Å². The highest BCUT2D eigenvalue weighted by Gasteiger charge is 2.47. The molecule has 0 spiro atoms. The molecule has 21 heteroatoms. The Kier molecular flexibility index (Phi) is 11.6. The standard InChI is InChI=1S/C47H36F6N10O4S/c48-46(49,50)31-3-1-5-33(21-31)62-35-25-60(41(64)37(35)39(56-43(62)66)29-11-7-27(23-54)8-12-29)19-17-58-15-16-59(45(58)68)18-20-61-26-36-38(42(61)65)40(30-13-9-28(24-55)10-14-30)57-44(67)63(36)34-6-2-4-32(22-34)47(51,52)53/h1-14,21-22,39-40H,15-20,25-26H2,(H,56,66)(H,57,67)/t39-,40-/m1/s1. The fourth-order valence-corrected chi connectivity index (χ4v) is 9.44. The molecule has 0 aliphatic carbocycles. The lowest BCUT2D eigenvalue weighted by Gasteiger charge is -2.34. The Morgan fingerprint density at radius 3 is 1.28 bits per heavy atom. The van der Waals surface area contributed by atoms with Crippen molar-refractivity contribution in [1.82, 2.24) is 30.2 Å². The molecule has 0 bridgehead atoms. The highest BCUT2D eigenvalue weighted by molar-refractivity contribution is 7.80. The number of nitriles is 2. The summed E-state index contributed by atoms with van der Waals surface area (Å²) >= 11 is 5.86. The number of nitrogens with zero attached hydrogens (tertiary/aromatic N) is 8. The van der Waals surface area contributed by atoms with Crippen LogP contribution in [0.3, 0.4) is 0 Å². The molecule has 68 heavy (non-hydrogen) atoms. The average Bonchev–Trinajstić information content (AvgIpc) is 3.96. The van der Waals surface area contributed by atoms with Crippen LogP contribution in [0.2, 0.25) is 0 Å². The van der Waals surface area contributed by atoms with Gasteiger partial charge in [-0.1, -0.05) is 36.4 Å². The van der Waals surface area contributed by atoms with Crippen LogP contribution >= 0.6 is 12.2 Å². The van der Waals surface area contributed by atoms with E-state index in [9.17, 15) is 56.0 Å². The van der Waals surface area contributed by atoms with Crippen molar-refractivity contribution in [3.63, 3.8) is 0 Å². The van der Waals surface area contributed by atoms with Gasteiger partial charge < -0.3 is 30.2 Å². The number of carbonyl (C=O) groups is 4. The predicted octanol–water partition coefficient (Wildman–Crippen LogP) is 6.80. The molecule has 2 atom stereocenters. The van der Waals surface area contributed by atoms with Gasteiger partial charge in [0.05, 0.1) is 93.5 Å². The highest BCUT2D eigenvalue weighted by Crippen LogP contribution is 2.42. The van der Waals surface area contributed by atoms with Crippen molar-refractivity contribution >= 4 is 52.6 Å². The van der Waals surface area contributed by atoms with Gasteiger partial charge in [-0.25, -0.2) is 9.59 Å². The minimum absolute atomic E-state index is 0.0855. The van der Waals surface area contributed by atoms with Gasteiger partial charge in [-0.3, -0.25) is 19.4 Å². The zero-order chi connectivity index (χ0) is 48.2. The number of hydrogen-bond acceptors (Lipinski definition) is 7. The Balaban J connectivity index is 0.900. The summed E-state index contributed by atoms with van der Waals surface area (Å²) in [5, 5.41) is 24.6. The van der Waals surface area contributed by atoms with Crippen LogP contribution in [0.25, 0.3) is 0 Å². The van der Waals surface area contributed by atoms with E-state index in [0.29, 0.717) is 40.5 Å². The summed E-state index contributed by atoms with van der Waals surface area (Å²) in [6.07, 6.45) is -9.40. The predicted molar refractivity (Wildman–Crippen MR) is 236 cm³/mol.